The summed E-state index contributed by atoms with van der Waals surface area (Å²) in [4.78, 5) is 13.6. The fourth-order valence-corrected chi connectivity index (χ4v) is 2.24. The third-order valence-electron chi connectivity index (χ3n) is 3.07. The average molecular weight is 313 g/mol. The van der Waals surface area contributed by atoms with E-state index in [2.05, 4.69) is 15.9 Å². The predicted molar refractivity (Wildman–Crippen MR) is 73.3 cm³/mol. The van der Waals surface area contributed by atoms with Gasteiger partial charge in [-0.2, -0.15) is 0 Å². The van der Waals surface area contributed by atoms with Gasteiger partial charge in [0.25, 0.3) is 5.91 Å². The minimum Gasteiger partial charge on any atom is -0.483 e. The first-order valence-electron chi connectivity index (χ1n) is 5.98. The number of benzene rings is 1. The molecule has 0 unspecified atom stereocenters. The van der Waals surface area contributed by atoms with Gasteiger partial charge in [0.1, 0.15) is 5.75 Å². The Morgan fingerprint density at radius 2 is 2.28 bits per heavy atom. The van der Waals surface area contributed by atoms with Gasteiger partial charge in [0, 0.05) is 19.6 Å². The van der Waals surface area contributed by atoms with Crippen molar-refractivity contribution in [1.29, 1.82) is 0 Å². The van der Waals surface area contributed by atoms with Gasteiger partial charge in [0.05, 0.1) is 4.47 Å². The van der Waals surface area contributed by atoms with Gasteiger partial charge in [0.15, 0.2) is 6.61 Å². The summed E-state index contributed by atoms with van der Waals surface area (Å²) < 4.78 is 6.34. The molecule has 0 aromatic heterocycles. The fourth-order valence-electron chi connectivity index (χ4n) is 1.70. The molecular weight excluding hydrogens is 296 g/mol. The fraction of sp³-hybridized carbons (Fsp3) is 0.462. The van der Waals surface area contributed by atoms with Crippen molar-refractivity contribution in [2.75, 3.05) is 13.7 Å². The van der Waals surface area contributed by atoms with Crippen molar-refractivity contribution >= 4 is 21.8 Å². The summed E-state index contributed by atoms with van der Waals surface area (Å²) in [6.45, 7) is 0.565. The van der Waals surface area contributed by atoms with E-state index in [1.54, 1.807) is 4.90 Å². The van der Waals surface area contributed by atoms with E-state index in [1.807, 2.05) is 25.2 Å². The van der Waals surface area contributed by atoms with Crippen molar-refractivity contribution in [3.8, 4) is 5.75 Å². The van der Waals surface area contributed by atoms with Gasteiger partial charge in [-0.25, -0.2) is 0 Å². The van der Waals surface area contributed by atoms with E-state index in [0.717, 1.165) is 22.9 Å². The maximum absolute atomic E-state index is 11.8. The van der Waals surface area contributed by atoms with E-state index in [9.17, 15) is 4.79 Å². The minimum atomic E-state index is 0.0206. The lowest BCUT2D eigenvalue weighted by atomic mass is 10.2. The molecule has 1 aromatic rings. The highest BCUT2D eigenvalue weighted by atomic mass is 79.9. The number of carbonyl (C=O) groups excluding carboxylic acids is 1. The van der Waals surface area contributed by atoms with Crippen LogP contribution in [-0.4, -0.2) is 30.5 Å². The van der Waals surface area contributed by atoms with Crippen LogP contribution in [0.25, 0.3) is 0 Å². The van der Waals surface area contributed by atoms with Crippen LogP contribution in [0.4, 0.5) is 0 Å². The van der Waals surface area contributed by atoms with Crippen LogP contribution in [0.15, 0.2) is 22.7 Å². The molecule has 0 heterocycles. The van der Waals surface area contributed by atoms with Crippen LogP contribution in [0.3, 0.4) is 0 Å². The summed E-state index contributed by atoms with van der Waals surface area (Å²) in [5.41, 5.74) is 6.57. The minimum absolute atomic E-state index is 0.0206. The highest BCUT2D eigenvalue weighted by Gasteiger charge is 2.29. The smallest absolute Gasteiger partial charge is 0.260 e. The number of hydrogen-bond donors (Lipinski definition) is 1. The molecule has 4 nitrogen and oxygen atoms in total. The van der Waals surface area contributed by atoms with E-state index in [4.69, 9.17) is 10.5 Å². The Morgan fingerprint density at radius 1 is 1.56 bits per heavy atom. The van der Waals surface area contributed by atoms with Crippen LogP contribution >= 0.6 is 15.9 Å². The van der Waals surface area contributed by atoms with Gasteiger partial charge in [0.2, 0.25) is 0 Å². The zero-order valence-electron chi connectivity index (χ0n) is 10.4. The number of halogens is 1. The monoisotopic (exact) mass is 312 g/mol. The van der Waals surface area contributed by atoms with Gasteiger partial charge >= 0.3 is 0 Å². The highest BCUT2D eigenvalue weighted by molar-refractivity contribution is 9.10. The summed E-state index contributed by atoms with van der Waals surface area (Å²) in [6.07, 6.45) is 2.22. The summed E-state index contributed by atoms with van der Waals surface area (Å²) in [5.74, 6) is 0.692. The molecule has 1 saturated carbocycles. The Morgan fingerprint density at radius 3 is 2.83 bits per heavy atom. The van der Waals surface area contributed by atoms with Crippen LogP contribution < -0.4 is 10.5 Å². The number of nitrogens with two attached hydrogens (primary N) is 1. The van der Waals surface area contributed by atoms with Crippen LogP contribution in [0, 0.1) is 0 Å². The van der Waals surface area contributed by atoms with E-state index in [-0.39, 0.29) is 12.5 Å². The van der Waals surface area contributed by atoms with E-state index >= 15 is 0 Å². The molecular formula is C13H17BrN2O2. The maximum Gasteiger partial charge on any atom is 0.260 e. The van der Waals surface area contributed by atoms with E-state index in [1.165, 1.54) is 0 Å². The van der Waals surface area contributed by atoms with Gasteiger partial charge < -0.3 is 15.4 Å². The van der Waals surface area contributed by atoms with Crippen molar-refractivity contribution in [3.63, 3.8) is 0 Å². The molecule has 1 aliphatic carbocycles. The lowest BCUT2D eigenvalue weighted by Gasteiger charge is -2.17. The number of hydrogen-bond acceptors (Lipinski definition) is 3. The van der Waals surface area contributed by atoms with E-state index in [0.29, 0.717) is 18.3 Å². The molecule has 1 fully saturated rings. The molecule has 1 amide bonds. The van der Waals surface area contributed by atoms with Gasteiger partial charge in [-0.3, -0.25) is 4.79 Å². The summed E-state index contributed by atoms with van der Waals surface area (Å²) in [5, 5.41) is 0. The van der Waals surface area contributed by atoms with Crippen molar-refractivity contribution in [2.24, 2.45) is 5.73 Å². The van der Waals surface area contributed by atoms with Crippen LogP contribution in [0.2, 0.25) is 0 Å². The summed E-state index contributed by atoms with van der Waals surface area (Å²) in [7, 11) is 1.83. The zero-order chi connectivity index (χ0) is 13.1. The Balaban J connectivity index is 1.91. The second kappa shape index (κ2) is 5.71. The van der Waals surface area contributed by atoms with Crippen molar-refractivity contribution in [1.82, 2.24) is 4.90 Å². The number of rotatable bonds is 5. The third-order valence-corrected chi connectivity index (χ3v) is 3.69. The standard InChI is InChI=1S/C13H17BrN2O2/c1-16(10-3-4-10)13(17)8-18-12-5-2-9(7-15)6-11(12)14/h2,5-6,10H,3-4,7-8,15H2,1H3. The molecule has 0 atom stereocenters. The molecule has 0 spiro atoms. The van der Waals surface area contributed by atoms with Crippen LogP contribution in [-0.2, 0) is 11.3 Å². The number of amides is 1. The Hall–Kier alpha value is -1.07. The molecule has 0 aliphatic heterocycles. The van der Waals surface area contributed by atoms with Gasteiger partial charge in [-0.1, -0.05) is 6.07 Å². The quantitative estimate of drug-likeness (QED) is 0.903. The predicted octanol–water partition coefficient (Wildman–Crippen LogP) is 1.91. The van der Waals surface area contributed by atoms with Crippen LogP contribution in [0.5, 0.6) is 5.75 Å². The lowest BCUT2D eigenvalue weighted by Crippen LogP contribution is -2.33. The molecule has 0 bridgehead atoms. The molecule has 2 N–H and O–H groups in total. The van der Waals surface area contributed by atoms with E-state index < -0.39 is 0 Å². The molecule has 1 aliphatic rings. The Bertz CT molecular complexity index is 447. The Kier molecular flexibility index (Phi) is 4.24. The van der Waals surface area contributed by atoms with Gasteiger partial charge in [-0.05, 0) is 46.5 Å². The number of ether oxygens (including phenoxy) is 1. The molecule has 0 radical (unpaired) electrons. The summed E-state index contributed by atoms with van der Waals surface area (Å²) in [6, 6.07) is 6.06. The van der Waals surface area contributed by atoms with Crippen molar-refractivity contribution < 1.29 is 9.53 Å². The lowest BCUT2D eigenvalue weighted by molar-refractivity contribution is -0.132. The average Bonchev–Trinajstić information content (AvgIpc) is 3.20. The summed E-state index contributed by atoms with van der Waals surface area (Å²) >= 11 is 3.41. The maximum atomic E-state index is 11.8. The molecule has 1 aromatic carbocycles. The van der Waals surface area contributed by atoms with Crippen molar-refractivity contribution in [3.05, 3.63) is 28.2 Å². The molecule has 2 rings (SSSR count). The first kappa shape index (κ1) is 13.4. The molecule has 0 saturated heterocycles. The third kappa shape index (κ3) is 3.23. The zero-order valence-corrected chi connectivity index (χ0v) is 11.9. The topological polar surface area (TPSA) is 55.6 Å². The second-order valence-electron chi connectivity index (χ2n) is 4.49. The largest absolute Gasteiger partial charge is 0.483 e. The molecule has 18 heavy (non-hydrogen) atoms. The molecule has 5 heteroatoms. The number of carbonyl (C=O) groups is 1. The van der Waals surface area contributed by atoms with Gasteiger partial charge in [-0.15, -0.1) is 0 Å². The molecule has 98 valence electrons. The normalized spacial score (nSPS) is 14.4. The first-order valence-corrected chi connectivity index (χ1v) is 6.78. The first-order chi connectivity index (χ1) is 8.61. The van der Waals surface area contributed by atoms with Crippen LogP contribution in [0.1, 0.15) is 18.4 Å². The highest BCUT2D eigenvalue weighted by Crippen LogP contribution is 2.27. The second-order valence-corrected chi connectivity index (χ2v) is 5.35. The number of nitrogens with zero attached hydrogens (tertiary/aromatic N) is 1. The Labute approximate surface area is 115 Å². The SMILES string of the molecule is CN(C(=O)COc1ccc(CN)cc1Br)C1CC1. The van der Waals surface area contributed by atoms with Crippen molar-refractivity contribution in [2.45, 2.75) is 25.4 Å². The number of likely N-dealkylation sites (N-methyl/N-ethyl adjacent to an activating group) is 1.